The van der Waals surface area contributed by atoms with Gasteiger partial charge in [-0.05, 0) is 77.0 Å². The minimum Gasteiger partial charge on any atom is -0.489 e. The Morgan fingerprint density at radius 3 is 2.30 bits per heavy atom. The molecule has 4 atom stereocenters. The molecule has 4 aliphatic rings. The Bertz CT molecular complexity index is 980. The van der Waals surface area contributed by atoms with Crippen LogP contribution in [0.15, 0.2) is 18.2 Å². The van der Waals surface area contributed by atoms with Gasteiger partial charge in [-0.2, -0.15) is 0 Å². The summed E-state index contributed by atoms with van der Waals surface area (Å²) < 4.78 is 17.0. The van der Waals surface area contributed by atoms with Crippen molar-refractivity contribution in [2.24, 2.45) is 11.8 Å². The topological polar surface area (TPSA) is 82.1 Å². The van der Waals surface area contributed by atoms with Crippen molar-refractivity contribution in [3.63, 3.8) is 0 Å². The number of carbonyl (C=O) groups excluding carboxylic acids is 3. The fourth-order valence-electron chi connectivity index (χ4n) is 5.76. The van der Waals surface area contributed by atoms with E-state index in [1.807, 2.05) is 50.8 Å². The Labute approximate surface area is 221 Å². The van der Waals surface area contributed by atoms with Crippen LogP contribution in [0.4, 0.5) is 4.79 Å². The van der Waals surface area contributed by atoms with Gasteiger partial charge in [0.2, 0.25) is 0 Å². The molecule has 4 unspecified atom stereocenters. The summed E-state index contributed by atoms with van der Waals surface area (Å²) in [5, 5.41) is 0. The fraction of sp³-hybridized carbons (Fsp3) is 0.700. The molecule has 2 saturated heterocycles. The number of carbonyl (C=O) groups is 3. The summed E-state index contributed by atoms with van der Waals surface area (Å²) in [6.07, 6.45) is 9.63. The number of esters is 1. The van der Waals surface area contributed by atoms with E-state index < -0.39 is 5.60 Å². The lowest BCUT2D eigenvalue weighted by Crippen LogP contribution is -2.57. The molecule has 0 spiro atoms. The Morgan fingerprint density at radius 2 is 1.73 bits per heavy atom. The zero-order valence-electron chi connectivity index (χ0n) is 23.1. The van der Waals surface area contributed by atoms with Gasteiger partial charge in [0.1, 0.15) is 17.5 Å². The number of fused-ring (bicyclic) bond motifs is 3. The van der Waals surface area contributed by atoms with Crippen LogP contribution < -0.4 is 4.74 Å². The molecule has 5 rings (SSSR count). The van der Waals surface area contributed by atoms with Crippen molar-refractivity contribution in [1.82, 2.24) is 4.90 Å². The zero-order chi connectivity index (χ0) is 26.7. The highest BCUT2D eigenvalue weighted by Gasteiger charge is 2.46. The van der Waals surface area contributed by atoms with E-state index in [9.17, 15) is 14.4 Å². The van der Waals surface area contributed by atoms with Gasteiger partial charge in [0, 0.05) is 24.4 Å². The number of nitrogens with zero attached hydrogens (tertiary/aromatic N) is 1. The lowest BCUT2D eigenvalue weighted by molar-refractivity contribution is -0.144. The first-order valence-corrected chi connectivity index (χ1v) is 14.0. The third-order valence-electron chi connectivity index (χ3n) is 7.65. The number of hydrogen-bond donors (Lipinski definition) is 0. The maximum absolute atomic E-state index is 13.0. The summed E-state index contributed by atoms with van der Waals surface area (Å²) >= 11 is 0. The molecule has 1 aliphatic carbocycles. The number of piperidine rings is 2. The molecule has 1 aromatic rings. The standard InChI is InChI=1S/C27H37NO6.C3H6/c1-16(25(30)32-5)11-17-9-10-21-22(29)15-23(33-24(21)12-17)18-13-19-7-6-8-20(14-18)28(19)26(31)34-27(2,3)4;1-2-3-1/h9-10,12,16,18-20,23H,6-8,11,13-15H2,1-5H3;1-3H2. The van der Waals surface area contributed by atoms with Crippen LogP contribution in [-0.2, 0) is 20.7 Å². The summed E-state index contributed by atoms with van der Waals surface area (Å²) in [7, 11) is 1.39. The van der Waals surface area contributed by atoms with E-state index in [1.165, 1.54) is 26.4 Å². The van der Waals surface area contributed by atoms with Crippen molar-refractivity contribution in [3.05, 3.63) is 29.3 Å². The van der Waals surface area contributed by atoms with Crippen molar-refractivity contribution in [2.75, 3.05) is 7.11 Å². The van der Waals surface area contributed by atoms with Gasteiger partial charge in [0.15, 0.2) is 5.78 Å². The molecule has 37 heavy (non-hydrogen) atoms. The molecule has 0 aromatic heterocycles. The van der Waals surface area contributed by atoms with Gasteiger partial charge in [-0.1, -0.05) is 32.3 Å². The van der Waals surface area contributed by atoms with E-state index in [-0.39, 0.29) is 47.9 Å². The molecular formula is C30H43NO6. The maximum atomic E-state index is 13.0. The molecule has 3 heterocycles. The Kier molecular flexibility index (Phi) is 8.49. The first-order chi connectivity index (χ1) is 17.6. The zero-order valence-corrected chi connectivity index (χ0v) is 23.1. The van der Waals surface area contributed by atoms with Crippen molar-refractivity contribution in [2.45, 2.75) is 116 Å². The largest absolute Gasteiger partial charge is 0.489 e. The third-order valence-corrected chi connectivity index (χ3v) is 7.65. The summed E-state index contributed by atoms with van der Waals surface area (Å²) in [5.74, 6) is 0.392. The second-order valence-corrected chi connectivity index (χ2v) is 12.2. The Hall–Kier alpha value is -2.57. The smallest absolute Gasteiger partial charge is 0.410 e. The number of Topliss-reactive ketones (excluding diaryl/α,β-unsaturated/α-hetero) is 1. The number of rotatable bonds is 4. The Morgan fingerprint density at radius 1 is 1.08 bits per heavy atom. The molecule has 204 valence electrons. The summed E-state index contributed by atoms with van der Waals surface area (Å²) in [4.78, 5) is 39.6. The molecule has 1 amide bonds. The van der Waals surface area contributed by atoms with Gasteiger partial charge in [-0.15, -0.1) is 0 Å². The number of benzene rings is 1. The predicted molar refractivity (Wildman–Crippen MR) is 141 cm³/mol. The van der Waals surface area contributed by atoms with Gasteiger partial charge in [0.05, 0.1) is 18.6 Å². The van der Waals surface area contributed by atoms with Crippen LogP contribution in [0.2, 0.25) is 0 Å². The Balaban J connectivity index is 0.000000994. The highest BCUT2D eigenvalue weighted by molar-refractivity contribution is 6.00. The summed E-state index contributed by atoms with van der Waals surface area (Å²) in [6.45, 7) is 7.52. The van der Waals surface area contributed by atoms with E-state index in [2.05, 4.69) is 0 Å². The fourth-order valence-corrected chi connectivity index (χ4v) is 5.76. The number of methoxy groups -OCH3 is 1. The monoisotopic (exact) mass is 513 g/mol. The predicted octanol–water partition coefficient (Wildman–Crippen LogP) is 6.11. The van der Waals surface area contributed by atoms with Crippen LogP contribution >= 0.6 is 0 Å². The number of ketones is 1. The molecule has 0 radical (unpaired) electrons. The summed E-state index contributed by atoms with van der Waals surface area (Å²) in [6, 6.07) is 5.85. The molecule has 2 bridgehead atoms. The molecule has 7 nitrogen and oxygen atoms in total. The van der Waals surface area contributed by atoms with Gasteiger partial charge in [0.25, 0.3) is 0 Å². The first kappa shape index (κ1) is 27.5. The molecule has 1 aromatic carbocycles. The molecule has 3 aliphatic heterocycles. The van der Waals surface area contributed by atoms with E-state index in [1.54, 1.807) is 0 Å². The van der Waals surface area contributed by atoms with Crippen LogP contribution in [0.3, 0.4) is 0 Å². The van der Waals surface area contributed by atoms with Crippen molar-refractivity contribution < 1.29 is 28.6 Å². The highest BCUT2D eigenvalue weighted by Crippen LogP contribution is 2.42. The van der Waals surface area contributed by atoms with Crippen molar-refractivity contribution >= 4 is 17.8 Å². The summed E-state index contributed by atoms with van der Waals surface area (Å²) in [5.41, 5.74) is 1.03. The van der Waals surface area contributed by atoms with Crippen LogP contribution in [0.5, 0.6) is 5.75 Å². The van der Waals surface area contributed by atoms with Crippen LogP contribution in [0.1, 0.15) is 101 Å². The van der Waals surface area contributed by atoms with Crippen LogP contribution in [0, 0.1) is 11.8 Å². The van der Waals surface area contributed by atoms with Crippen molar-refractivity contribution in [1.29, 1.82) is 0 Å². The maximum Gasteiger partial charge on any atom is 0.410 e. The number of ether oxygens (including phenoxy) is 3. The van der Waals surface area contributed by atoms with Gasteiger partial charge in [-0.3, -0.25) is 9.59 Å². The quantitative estimate of drug-likeness (QED) is 0.452. The van der Waals surface area contributed by atoms with Crippen LogP contribution in [-0.4, -0.2) is 53.6 Å². The second-order valence-electron chi connectivity index (χ2n) is 12.2. The van der Waals surface area contributed by atoms with E-state index in [4.69, 9.17) is 14.2 Å². The van der Waals surface area contributed by atoms with Gasteiger partial charge < -0.3 is 19.1 Å². The van der Waals surface area contributed by atoms with E-state index >= 15 is 0 Å². The normalized spacial score (nSPS) is 27.1. The minimum atomic E-state index is -0.520. The van der Waals surface area contributed by atoms with E-state index in [0.717, 1.165) is 37.7 Å². The lowest BCUT2D eigenvalue weighted by Gasteiger charge is -2.50. The number of amides is 1. The van der Waals surface area contributed by atoms with Crippen LogP contribution in [0.25, 0.3) is 0 Å². The SMILES string of the molecule is C1CC1.COC(=O)C(C)Cc1ccc2c(c1)OC(C1CC3CCCC(C1)N3C(=O)OC(C)(C)C)CC2=O. The van der Waals surface area contributed by atoms with Gasteiger partial charge in [-0.25, -0.2) is 4.79 Å². The molecule has 7 heteroatoms. The first-order valence-electron chi connectivity index (χ1n) is 14.0. The second kappa shape index (κ2) is 11.4. The van der Waals surface area contributed by atoms with Gasteiger partial charge >= 0.3 is 12.1 Å². The molecule has 1 saturated carbocycles. The average Bonchev–Trinajstić information content (AvgIpc) is 3.71. The van der Waals surface area contributed by atoms with E-state index in [0.29, 0.717) is 24.2 Å². The average molecular weight is 514 g/mol. The lowest BCUT2D eigenvalue weighted by atomic mass is 9.75. The third kappa shape index (κ3) is 7.05. The minimum absolute atomic E-state index is 0.0959. The van der Waals surface area contributed by atoms with Crippen molar-refractivity contribution in [3.8, 4) is 5.75 Å². The number of hydrogen-bond acceptors (Lipinski definition) is 6. The highest BCUT2D eigenvalue weighted by atomic mass is 16.6. The molecule has 0 N–H and O–H groups in total. The molecule has 3 fully saturated rings. The molecular weight excluding hydrogens is 470 g/mol.